The summed E-state index contributed by atoms with van der Waals surface area (Å²) in [5.74, 6) is 0. The lowest BCUT2D eigenvalue weighted by Gasteiger charge is -2.19. The van der Waals surface area contributed by atoms with Gasteiger partial charge in [0.05, 0.1) is 27.9 Å². The first-order valence-corrected chi connectivity index (χ1v) is 6.65. The molecule has 2 nitrogen and oxygen atoms in total. The van der Waals surface area contributed by atoms with Crippen molar-refractivity contribution in [2.45, 2.75) is 25.5 Å². The lowest BCUT2D eigenvalue weighted by atomic mass is 10.1. The lowest BCUT2D eigenvalue weighted by molar-refractivity contribution is 0.121. The van der Waals surface area contributed by atoms with Crippen molar-refractivity contribution in [1.29, 1.82) is 0 Å². The average molecular weight is 325 g/mol. The number of nitrogens with one attached hydrogen (secondary N) is 1. The van der Waals surface area contributed by atoms with Gasteiger partial charge in [-0.15, -0.1) is 0 Å². The summed E-state index contributed by atoms with van der Waals surface area (Å²) >= 11 is 15.6. The first kappa shape index (κ1) is 12.5. The van der Waals surface area contributed by atoms with Crippen molar-refractivity contribution in [2.75, 3.05) is 11.9 Å². The zero-order chi connectivity index (χ0) is 11.7. The van der Waals surface area contributed by atoms with Gasteiger partial charge in [-0.3, -0.25) is 0 Å². The van der Waals surface area contributed by atoms with Crippen molar-refractivity contribution in [1.82, 2.24) is 0 Å². The van der Waals surface area contributed by atoms with E-state index in [1.54, 1.807) is 0 Å². The highest BCUT2D eigenvalue weighted by molar-refractivity contribution is 9.10. The van der Waals surface area contributed by atoms with Crippen molar-refractivity contribution in [2.24, 2.45) is 0 Å². The van der Waals surface area contributed by atoms with E-state index < -0.39 is 0 Å². The minimum absolute atomic E-state index is 0.191. The van der Waals surface area contributed by atoms with E-state index in [2.05, 4.69) is 21.2 Å². The van der Waals surface area contributed by atoms with Crippen LogP contribution >= 0.6 is 39.1 Å². The topological polar surface area (TPSA) is 21.3 Å². The number of rotatable bonds is 2. The van der Waals surface area contributed by atoms with Gasteiger partial charge in [0.2, 0.25) is 0 Å². The second kappa shape index (κ2) is 5.13. The van der Waals surface area contributed by atoms with Crippen LogP contribution in [0.4, 0.5) is 5.69 Å². The molecule has 0 spiro atoms. The first-order chi connectivity index (χ1) is 7.58. The van der Waals surface area contributed by atoms with Crippen LogP contribution in [0.3, 0.4) is 0 Å². The smallest absolute Gasteiger partial charge is 0.0748 e. The van der Waals surface area contributed by atoms with E-state index in [1.807, 2.05) is 19.1 Å². The van der Waals surface area contributed by atoms with Crippen molar-refractivity contribution >= 4 is 44.8 Å². The van der Waals surface area contributed by atoms with E-state index in [0.717, 1.165) is 23.2 Å². The molecule has 1 N–H and O–H groups in total. The van der Waals surface area contributed by atoms with Crippen LogP contribution in [0, 0.1) is 0 Å². The van der Waals surface area contributed by atoms with Crippen LogP contribution in [0.2, 0.25) is 10.0 Å². The summed E-state index contributed by atoms with van der Waals surface area (Å²) in [7, 11) is 0. The molecule has 0 aromatic heterocycles. The van der Waals surface area contributed by atoms with E-state index in [-0.39, 0.29) is 12.1 Å². The van der Waals surface area contributed by atoms with E-state index >= 15 is 0 Å². The zero-order valence-corrected chi connectivity index (χ0v) is 11.9. The fourth-order valence-corrected chi connectivity index (χ4v) is 3.10. The molecule has 1 fully saturated rings. The second-order valence-corrected chi connectivity index (χ2v) is 5.59. The molecule has 1 aliphatic heterocycles. The van der Waals surface area contributed by atoms with Crippen LogP contribution in [0.15, 0.2) is 16.6 Å². The Morgan fingerprint density at radius 3 is 2.50 bits per heavy atom. The second-order valence-electron chi connectivity index (χ2n) is 3.86. The van der Waals surface area contributed by atoms with Crippen LogP contribution < -0.4 is 5.32 Å². The molecule has 2 unspecified atom stereocenters. The van der Waals surface area contributed by atoms with E-state index in [9.17, 15) is 0 Å². The summed E-state index contributed by atoms with van der Waals surface area (Å²) in [6, 6.07) is 3.93. The monoisotopic (exact) mass is 323 g/mol. The summed E-state index contributed by atoms with van der Waals surface area (Å²) in [6.45, 7) is 2.83. The molecule has 2 atom stereocenters. The van der Waals surface area contributed by atoms with E-state index in [0.29, 0.717) is 10.0 Å². The Balaban J connectivity index is 2.21. The third-order valence-electron chi connectivity index (χ3n) is 2.71. The fourth-order valence-electron chi connectivity index (χ4n) is 1.79. The normalized spacial score (nSPS) is 24.8. The van der Waals surface area contributed by atoms with Crippen molar-refractivity contribution in [3.8, 4) is 0 Å². The first-order valence-electron chi connectivity index (χ1n) is 5.10. The molecule has 0 radical (unpaired) electrons. The SMILES string of the molecule is CC1OCCC1Nc1c(Cl)cc(Br)cc1Cl. The number of hydrogen-bond acceptors (Lipinski definition) is 2. The molecule has 1 aromatic carbocycles. The van der Waals surface area contributed by atoms with Gasteiger partial charge in [0.25, 0.3) is 0 Å². The van der Waals surface area contributed by atoms with Gasteiger partial charge in [0.15, 0.2) is 0 Å². The largest absolute Gasteiger partial charge is 0.377 e. The molecule has 0 bridgehead atoms. The van der Waals surface area contributed by atoms with Crippen molar-refractivity contribution in [3.05, 3.63) is 26.7 Å². The van der Waals surface area contributed by atoms with Crippen LogP contribution in [0.5, 0.6) is 0 Å². The predicted octanol–water partition coefficient (Wildman–Crippen LogP) is 4.35. The van der Waals surface area contributed by atoms with Crippen LogP contribution in [0.1, 0.15) is 13.3 Å². The molecular weight excluding hydrogens is 313 g/mol. The molecule has 1 aliphatic rings. The Bertz CT molecular complexity index is 377. The van der Waals surface area contributed by atoms with Gasteiger partial charge in [0, 0.05) is 11.1 Å². The molecule has 1 aromatic rings. The Morgan fingerprint density at radius 1 is 1.38 bits per heavy atom. The molecular formula is C11H12BrCl2NO. The Morgan fingerprint density at radius 2 is 2.00 bits per heavy atom. The molecule has 2 rings (SSSR count). The van der Waals surface area contributed by atoms with Crippen LogP contribution in [-0.4, -0.2) is 18.8 Å². The van der Waals surface area contributed by atoms with Crippen molar-refractivity contribution < 1.29 is 4.74 Å². The summed E-state index contributed by atoms with van der Waals surface area (Å²) in [5.41, 5.74) is 0.786. The Labute approximate surface area is 113 Å². The number of anilines is 1. The van der Waals surface area contributed by atoms with E-state index in [4.69, 9.17) is 27.9 Å². The predicted molar refractivity (Wildman–Crippen MR) is 71.6 cm³/mol. The highest BCUT2D eigenvalue weighted by Gasteiger charge is 2.25. The molecule has 5 heteroatoms. The van der Waals surface area contributed by atoms with Crippen molar-refractivity contribution in [3.63, 3.8) is 0 Å². The molecule has 0 aliphatic carbocycles. The lowest BCUT2D eigenvalue weighted by Crippen LogP contribution is -2.26. The Hall–Kier alpha value is 0.0400. The molecule has 1 saturated heterocycles. The van der Waals surface area contributed by atoms with Gasteiger partial charge in [-0.1, -0.05) is 39.1 Å². The molecule has 1 heterocycles. The van der Waals surface area contributed by atoms with Gasteiger partial charge >= 0.3 is 0 Å². The third-order valence-corrected chi connectivity index (χ3v) is 3.77. The number of halogens is 3. The summed E-state index contributed by atoms with van der Waals surface area (Å²) in [5, 5.41) is 4.59. The fraction of sp³-hybridized carbons (Fsp3) is 0.455. The maximum atomic E-state index is 6.14. The Kier molecular flexibility index (Phi) is 4.01. The number of hydrogen-bond donors (Lipinski definition) is 1. The van der Waals surface area contributed by atoms with Gasteiger partial charge in [-0.25, -0.2) is 0 Å². The minimum atomic E-state index is 0.191. The standard InChI is InChI=1S/C11H12BrCl2NO/c1-6-10(2-3-16-6)15-11-8(13)4-7(12)5-9(11)14/h4-6,10,15H,2-3H2,1H3. The highest BCUT2D eigenvalue weighted by atomic mass is 79.9. The zero-order valence-electron chi connectivity index (χ0n) is 8.77. The van der Waals surface area contributed by atoms with Crippen LogP contribution in [0.25, 0.3) is 0 Å². The minimum Gasteiger partial charge on any atom is -0.377 e. The maximum Gasteiger partial charge on any atom is 0.0748 e. The van der Waals surface area contributed by atoms with Gasteiger partial charge in [-0.05, 0) is 25.5 Å². The molecule has 0 amide bonds. The molecule has 88 valence electrons. The summed E-state index contributed by atoms with van der Waals surface area (Å²) < 4.78 is 6.36. The number of ether oxygens (including phenoxy) is 1. The quantitative estimate of drug-likeness (QED) is 0.873. The average Bonchev–Trinajstić information content (AvgIpc) is 2.57. The van der Waals surface area contributed by atoms with Crippen LogP contribution in [-0.2, 0) is 4.74 Å². The summed E-state index contributed by atoms with van der Waals surface area (Å²) in [6.07, 6.45) is 1.17. The third kappa shape index (κ3) is 2.65. The maximum absolute atomic E-state index is 6.14. The molecule has 16 heavy (non-hydrogen) atoms. The van der Waals surface area contributed by atoms with E-state index in [1.165, 1.54) is 0 Å². The van der Waals surface area contributed by atoms with Gasteiger partial charge in [-0.2, -0.15) is 0 Å². The highest BCUT2D eigenvalue weighted by Crippen LogP contribution is 2.35. The molecule has 0 saturated carbocycles. The van der Waals surface area contributed by atoms with Gasteiger partial charge in [0.1, 0.15) is 0 Å². The van der Waals surface area contributed by atoms with Gasteiger partial charge < -0.3 is 10.1 Å². The number of benzene rings is 1. The summed E-state index contributed by atoms with van der Waals surface area (Å²) in [4.78, 5) is 0.